The maximum Gasteiger partial charge on any atom is 0.161 e. The highest BCUT2D eigenvalue weighted by atomic mass is 16.5. The highest BCUT2D eigenvalue weighted by Gasteiger charge is 2.31. The summed E-state index contributed by atoms with van der Waals surface area (Å²) in [7, 11) is 1.66. The molecule has 0 saturated carbocycles. The molecule has 7 heteroatoms. The van der Waals surface area contributed by atoms with Gasteiger partial charge in [-0.2, -0.15) is 0 Å². The minimum Gasteiger partial charge on any atom is -0.493 e. The lowest BCUT2D eigenvalue weighted by atomic mass is 9.96. The molecular formula is C28H37N3O4. The molecule has 1 N–H and O–H groups in total. The number of imidazole rings is 1. The summed E-state index contributed by atoms with van der Waals surface area (Å²) < 4.78 is 19.6. The Labute approximate surface area is 208 Å². The number of methoxy groups -OCH3 is 1. The Kier molecular flexibility index (Phi) is 8.31. The van der Waals surface area contributed by atoms with Gasteiger partial charge in [-0.15, -0.1) is 0 Å². The molecule has 2 aromatic carbocycles. The van der Waals surface area contributed by atoms with Crippen molar-refractivity contribution in [3.05, 3.63) is 71.8 Å². The zero-order chi connectivity index (χ0) is 24.7. The van der Waals surface area contributed by atoms with Crippen LogP contribution in [0.15, 0.2) is 54.9 Å². The van der Waals surface area contributed by atoms with Gasteiger partial charge in [-0.1, -0.05) is 23.8 Å². The predicted molar refractivity (Wildman–Crippen MR) is 136 cm³/mol. The average molecular weight is 480 g/mol. The first-order valence-corrected chi connectivity index (χ1v) is 12.4. The Morgan fingerprint density at radius 1 is 1.00 bits per heavy atom. The van der Waals surface area contributed by atoms with Gasteiger partial charge >= 0.3 is 0 Å². The summed E-state index contributed by atoms with van der Waals surface area (Å²) in [5.74, 6) is 3.26. The van der Waals surface area contributed by atoms with Crippen molar-refractivity contribution < 1.29 is 19.3 Å². The van der Waals surface area contributed by atoms with E-state index in [1.807, 2.05) is 43.5 Å². The van der Waals surface area contributed by atoms with Crippen molar-refractivity contribution >= 4 is 0 Å². The van der Waals surface area contributed by atoms with E-state index in [1.54, 1.807) is 13.3 Å². The number of likely N-dealkylation sites (tertiary alicyclic amines) is 1. The molecule has 1 aliphatic heterocycles. The molecule has 7 nitrogen and oxygen atoms in total. The molecular weight excluding hydrogens is 442 g/mol. The lowest BCUT2D eigenvalue weighted by Crippen LogP contribution is -2.37. The van der Waals surface area contributed by atoms with Crippen LogP contribution in [0, 0.1) is 13.8 Å². The molecule has 4 rings (SSSR count). The summed E-state index contributed by atoms with van der Waals surface area (Å²) in [6.45, 7) is 8.18. The number of ether oxygens (including phenoxy) is 3. The summed E-state index contributed by atoms with van der Waals surface area (Å²) >= 11 is 0. The standard InChI is InChI=1S/C28H37N3O4/c1-22-5-8-25(9-6-22)35-21-28(32)11-4-14-30(15-12-28)20-24-7-10-26(33-3)27(19-24)34-18-17-31-16-13-29-23(31)2/h5-10,13,16,19,32H,4,11-12,14-15,17-18,20-21H2,1-3H3/t28-/m1/s1. The van der Waals surface area contributed by atoms with E-state index in [4.69, 9.17) is 14.2 Å². The zero-order valence-corrected chi connectivity index (χ0v) is 21.1. The Bertz CT molecular complexity index is 1080. The van der Waals surface area contributed by atoms with Crippen molar-refractivity contribution in [1.82, 2.24) is 14.5 Å². The highest BCUT2D eigenvalue weighted by Crippen LogP contribution is 2.30. The Hall–Kier alpha value is -3.03. The fraction of sp³-hybridized carbons (Fsp3) is 0.464. The quantitative estimate of drug-likeness (QED) is 0.465. The van der Waals surface area contributed by atoms with Crippen LogP contribution in [0.3, 0.4) is 0 Å². The largest absolute Gasteiger partial charge is 0.493 e. The summed E-state index contributed by atoms with van der Waals surface area (Å²) in [6, 6.07) is 14.1. The number of benzene rings is 2. The lowest BCUT2D eigenvalue weighted by Gasteiger charge is -2.27. The van der Waals surface area contributed by atoms with E-state index < -0.39 is 5.60 Å². The second-order valence-corrected chi connectivity index (χ2v) is 9.46. The molecule has 35 heavy (non-hydrogen) atoms. The summed E-state index contributed by atoms with van der Waals surface area (Å²) in [5.41, 5.74) is 1.56. The molecule has 0 unspecified atom stereocenters. The van der Waals surface area contributed by atoms with Gasteiger partial charge in [-0.25, -0.2) is 4.98 Å². The number of aryl methyl sites for hydroxylation is 2. The molecule has 2 heterocycles. The number of aliphatic hydroxyl groups is 1. The molecule has 0 amide bonds. The van der Waals surface area contributed by atoms with E-state index in [-0.39, 0.29) is 0 Å². The average Bonchev–Trinajstić information content (AvgIpc) is 3.17. The fourth-order valence-corrected chi connectivity index (χ4v) is 4.47. The third kappa shape index (κ3) is 6.99. The highest BCUT2D eigenvalue weighted by molar-refractivity contribution is 5.43. The summed E-state index contributed by atoms with van der Waals surface area (Å²) in [5, 5.41) is 11.2. The van der Waals surface area contributed by atoms with Crippen molar-refractivity contribution in [1.29, 1.82) is 0 Å². The van der Waals surface area contributed by atoms with Crippen molar-refractivity contribution in [2.45, 2.75) is 51.8 Å². The summed E-state index contributed by atoms with van der Waals surface area (Å²) in [4.78, 5) is 6.65. The Morgan fingerprint density at radius 3 is 2.57 bits per heavy atom. The molecule has 0 aliphatic carbocycles. The van der Waals surface area contributed by atoms with Crippen molar-refractivity contribution in [2.24, 2.45) is 0 Å². The molecule has 1 aromatic heterocycles. The minimum absolute atomic E-state index is 0.320. The number of aromatic nitrogens is 2. The van der Waals surface area contributed by atoms with Crippen LogP contribution in [0.5, 0.6) is 17.2 Å². The van der Waals surface area contributed by atoms with E-state index in [1.165, 1.54) is 11.1 Å². The molecule has 188 valence electrons. The van der Waals surface area contributed by atoms with Crippen molar-refractivity contribution in [2.75, 3.05) is 33.4 Å². The number of hydrogen-bond donors (Lipinski definition) is 1. The molecule has 0 radical (unpaired) electrons. The predicted octanol–water partition coefficient (Wildman–Crippen LogP) is 4.38. The smallest absolute Gasteiger partial charge is 0.161 e. The summed E-state index contributed by atoms with van der Waals surface area (Å²) in [6.07, 6.45) is 6.10. The molecule has 1 atom stereocenters. The van der Waals surface area contributed by atoms with Crippen LogP contribution in [0.4, 0.5) is 0 Å². The lowest BCUT2D eigenvalue weighted by molar-refractivity contribution is -0.0168. The minimum atomic E-state index is -0.806. The number of hydrogen-bond acceptors (Lipinski definition) is 6. The first-order chi connectivity index (χ1) is 16.9. The van der Waals surface area contributed by atoms with Gasteiger partial charge in [0.05, 0.1) is 19.3 Å². The van der Waals surface area contributed by atoms with Gasteiger partial charge < -0.3 is 23.9 Å². The van der Waals surface area contributed by atoms with Gasteiger partial charge in [0.2, 0.25) is 0 Å². The Balaban J connectivity index is 1.31. The maximum atomic E-state index is 11.2. The SMILES string of the molecule is COc1ccc(CN2CCC[C@](O)(COc3ccc(C)cc3)CC2)cc1OCCn1ccnc1C. The van der Waals surface area contributed by atoms with Gasteiger partial charge in [-0.3, -0.25) is 4.90 Å². The van der Waals surface area contributed by atoms with Crippen molar-refractivity contribution in [3.8, 4) is 17.2 Å². The van der Waals surface area contributed by atoms with Crippen LogP contribution in [-0.4, -0.2) is 58.6 Å². The number of nitrogens with zero attached hydrogens (tertiary/aromatic N) is 3. The topological polar surface area (TPSA) is 69.0 Å². The fourth-order valence-electron chi connectivity index (χ4n) is 4.47. The van der Waals surface area contributed by atoms with Crippen molar-refractivity contribution in [3.63, 3.8) is 0 Å². The molecule has 1 saturated heterocycles. The van der Waals surface area contributed by atoms with Crippen LogP contribution < -0.4 is 14.2 Å². The first kappa shape index (κ1) is 25.1. The molecule has 1 fully saturated rings. The number of rotatable bonds is 10. The van der Waals surface area contributed by atoms with E-state index >= 15 is 0 Å². The van der Waals surface area contributed by atoms with Gasteiger partial charge in [0.25, 0.3) is 0 Å². The van der Waals surface area contributed by atoms with Crippen LogP contribution in [0.1, 0.15) is 36.2 Å². The molecule has 0 bridgehead atoms. The monoisotopic (exact) mass is 479 g/mol. The van der Waals surface area contributed by atoms with Crippen LogP contribution in [-0.2, 0) is 13.1 Å². The maximum absolute atomic E-state index is 11.2. The Morgan fingerprint density at radius 2 is 1.83 bits per heavy atom. The van der Waals surface area contributed by atoms with Crippen LogP contribution in [0.25, 0.3) is 0 Å². The van der Waals surface area contributed by atoms with E-state index in [9.17, 15) is 5.11 Å². The first-order valence-electron chi connectivity index (χ1n) is 12.4. The third-order valence-corrected chi connectivity index (χ3v) is 6.69. The van der Waals surface area contributed by atoms with Gasteiger partial charge in [0.15, 0.2) is 11.5 Å². The van der Waals surface area contributed by atoms with Crippen LogP contribution >= 0.6 is 0 Å². The zero-order valence-electron chi connectivity index (χ0n) is 21.1. The molecule has 3 aromatic rings. The third-order valence-electron chi connectivity index (χ3n) is 6.69. The molecule has 1 aliphatic rings. The van der Waals surface area contributed by atoms with E-state index in [0.717, 1.165) is 62.1 Å². The molecule has 0 spiro atoms. The second-order valence-electron chi connectivity index (χ2n) is 9.46. The van der Waals surface area contributed by atoms with Gasteiger partial charge in [0.1, 0.15) is 24.8 Å². The second kappa shape index (κ2) is 11.6. The van der Waals surface area contributed by atoms with E-state index in [0.29, 0.717) is 19.6 Å². The van der Waals surface area contributed by atoms with E-state index in [2.05, 4.69) is 33.5 Å². The normalized spacial score (nSPS) is 18.7. The van der Waals surface area contributed by atoms with Crippen LogP contribution in [0.2, 0.25) is 0 Å². The van der Waals surface area contributed by atoms with Gasteiger partial charge in [-0.05, 0) is 69.5 Å². The van der Waals surface area contributed by atoms with Gasteiger partial charge in [0, 0.05) is 25.5 Å².